The highest BCUT2D eigenvalue weighted by molar-refractivity contribution is 5.72. The molecule has 0 bridgehead atoms. The minimum atomic E-state index is 0.0427. The summed E-state index contributed by atoms with van der Waals surface area (Å²) in [5.41, 5.74) is 0. The molecule has 0 rings (SSSR count). The molecule has 0 N–H and O–H groups in total. The Morgan fingerprint density at radius 3 is 1.66 bits per heavy atom. The Morgan fingerprint density at radius 2 is 1.10 bits per heavy atom. The molecule has 1 unspecified atom stereocenters. The van der Waals surface area contributed by atoms with Crippen molar-refractivity contribution in [3.05, 3.63) is 0 Å². The number of hydrogen-bond donors (Lipinski definition) is 0. The predicted molar refractivity (Wildman–Crippen MR) is 121 cm³/mol. The molecular formula is C25H48O4. The largest absolute Gasteiger partial charge is 0.468 e. The number of esters is 1. The maximum Gasteiger partial charge on any atom is 0.308 e. The van der Waals surface area contributed by atoms with Gasteiger partial charge in [0.25, 0.3) is 6.47 Å². The average molecular weight is 413 g/mol. The molecular weight excluding hydrogens is 364 g/mol. The van der Waals surface area contributed by atoms with Gasteiger partial charge in [0, 0.05) is 0 Å². The first-order valence-electron chi connectivity index (χ1n) is 12.5. The van der Waals surface area contributed by atoms with Gasteiger partial charge >= 0.3 is 5.97 Å². The summed E-state index contributed by atoms with van der Waals surface area (Å²) in [7, 11) is 0. The Hall–Kier alpha value is -1.06. The molecule has 0 radical (unpaired) electrons. The Morgan fingerprint density at radius 1 is 0.655 bits per heavy atom. The van der Waals surface area contributed by atoms with Crippen molar-refractivity contribution in [1.29, 1.82) is 0 Å². The van der Waals surface area contributed by atoms with E-state index in [0.29, 0.717) is 19.7 Å². The highest BCUT2D eigenvalue weighted by Crippen LogP contribution is 2.20. The van der Waals surface area contributed by atoms with E-state index in [2.05, 4.69) is 18.6 Å². The van der Waals surface area contributed by atoms with Crippen LogP contribution in [-0.2, 0) is 19.1 Å². The fourth-order valence-corrected chi connectivity index (χ4v) is 3.70. The van der Waals surface area contributed by atoms with Crippen molar-refractivity contribution in [2.75, 3.05) is 13.2 Å². The van der Waals surface area contributed by atoms with Crippen molar-refractivity contribution in [3.8, 4) is 0 Å². The molecule has 0 aromatic carbocycles. The van der Waals surface area contributed by atoms with E-state index in [9.17, 15) is 9.59 Å². The van der Waals surface area contributed by atoms with Crippen LogP contribution in [-0.4, -0.2) is 25.7 Å². The van der Waals surface area contributed by atoms with Crippen LogP contribution >= 0.6 is 0 Å². The molecule has 0 heterocycles. The van der Waals surface area contributed by atoms with E-state index in [1.807, 2.05) is 0 Å². The van der Waals surface area contributed by atoms with Crippen LogP contribution in [0.15, 0.2) is 0 Å². The van der Waals surface area contributed by atoms with E-state index in [-0.39, 0.29) is 11.9 Å². The first-order valence-corrected chi connectivity index (χ1v) is 12.5. The third-order valence-corrected chi connectivity index (χ3v) is 5.61. The lowest BCUT2D eigenvalue weighted by molar-refractivity contribution is -0.149. The Balaban J connectivity index is 3.88. The first kappa shape index (κ1) is 27.9. The van der Waals surface area contributed by atoms with Crippen molar-refractivity contribution in [3.63, 3.8) is 0 Å². The summed E-state index contributed by atoms with van der Waals surface area (Å²) < 4.78 is 10.3. The summed E-state index contributed by atoms with van der Waals surface area (Å²) in [6, 6.07) is 0. The second-order valence-electron chi connectivity index (χ2n) is 8.36. The molecule has 0 aliphatic carbocycles. The van der Waals surface area contributed by atoms with Gasteiger partial charge in [0.1, 0.15) is 0 Å². The molecule has 0 aliphatic rings. The van der Waals surface area contributed by atoms with Gasteiger partial charge in [-0.05, 0) is 25.7 Å². The standard InChI is InChI=1S/C25H48O4/c1-3-5-7-9-12-16-20-24(19-15-8-6-4-2)25(27)29-22-18-14-11-10-13-17-21-28-23-26/h23-24H,3-22H2,1-2H3. The van der Waals surface area contributed by atoms with Gasteiger partial charge < -0.3 is 9.47 Å². The number of carbonyl (C=O) groups is 2. The molecule has 0 saturated heterocycles. The van der Waals surface area contributed by atoms with E-state index in [0.717, 1.165) is 64.2 Å². The summed E-state index contributed by atoms with van der Waals surface area (Å²) in [5.74, 6) is 0.150. The third-order valence-electron chi connectivity index (χ3n) is 5.61. The van der Waals surface area contributed by atoms with E-state index in [1.54, 1.807) is 0 Å². The number of rotatable bonds is 23. The molecule has 0 spiro atoms. The van der Waals surface area contributed by atoms with Crippen molar-refractivity contribution in [2.24, 2.45) is 5.92 Å². The molecule has 0 saturated carbocycles. The number of carbonyl (C=O) groups excluding carboxylic acids is 2. The maximum absolute atomic E-state index is 12.5. The van der Waals surface area contributed by atoms with Gasteiger partial charge in [0.2, 0.25) is 0 Å². The zero-order chi connectivity index (χ0) is 21.4. The van der Waals surface area contributed by atoms with Gasteiger partial charge in [0.05, 0.1) is 19.1 Å². The lowest BCUT2D eigenvalue weighted by Crippen LogP contribution is -2.18. The summed E-state index contributed by atoms with van der Waals surface area (Å²) in [6.07, 6.45) is 20.9. The zero-order valence-corrected chi connectivity index (χ0v) is 19.4. The number of ether oxygens (including phenoxy) is 2. The topological polar surface area (TPSA) is 52.6 Å². The minimum absolute atomic E-state index is 0.0427. The molecule has 4 heteroatoms. The van der Waals surface area contributed by atoms with Crippen LogP contribution in [0.4, 0.5) is 0 Å². The van der Waals surface area contributed by atoms with Crippen molar-refractivity contribution in [1.82, 2.24) is 0 Å². The van der Waals surface area contributed by atoms with Crippen LogP contribution in [0.25, 0.3) is 0 Å². The fraction of sp³-hybridized carbons (Fsp3) is 0.920. The van der Waals surface area contributed by atoms with E-state index in [4.69, 9.17) is 4.74 Å². The van der Waals surface area contributed by atoms with Crippen LogP contribution in [0.1, 0.15) is 129 Å². The molecule has 0 aromatic heterocycles. The molecule has 0 aromatic rings. The van der Waals surface area contributed by atoms with Crippen molar-refractivity contribution >= 4 is 12.4 Å². The normalized spacial score (nSPS) is 11.9. The molecule has 1 atom stereocenters. The quantitative estimate of drug-likeness (QED) is 0.0997. The Kier molecular flexibility index (Phi) is 22.4. The van der Waals surface area contributed by atoms with Gasteiger partial charge in [-0.25, -0.2) is 0 Å². The third kappa shape index (κ3) is 20.0. The van der Waals surface area contributed by atoms with E-state index >= 15 is 0 Å². The monoisotopic (exact) mass is 412 g/mol. The lowest BCUT2D eigenvalue weighted by atomic mass is 9.94. The molecule has 29 heavy (non-hydrogen) atoms. The summed E-state index contributed by atoms with van der Waals surface area (Å²) in [5, 5.41) is 0. The van der Waals surface area contributed by atoms with Gasteiger partial charge in [-0.1, -0.05) is 104 Å². The van der Waals surface area contributed by atoms with Crippen LogP contribution < -0.4 is 0 Å². The SMILES string of the molecule is CCCCCCCCC(CCCCCC)C(=O)OCCCCCCCCOC=O. The second kappa shape index (κ2) is 23.2. The van der Waals surface area contributed by atoms with E-state index < -0.39 is 0 Å². The number of unbranched alkanes of at least 4 members (excludes halogenated alkanes) is 13. The highest BCUT2D eigenvalue weighted by atomic mass is 16.5. The van der Waals surface area contributed by atoms with Gasteiger partial charge in [0.15, 0.2) is 0 Å². The Labute approximate surface area is 180 Å². The zero-order valence-electron chi connectivity index (χ0n) is 19.4. The maximum atomic E-state index is 12.5. The summed E-state index contributed by atoms with van der Waals surface area (Å²) >= 11 is 0. The average Bonchev–Trinajstić information content (AvgIpc) is 2.73. The molecule has 4 nitrogen and oxygen atoms in total. The lowest BCUT2D eigenvalue weighted by Gasteiger charge is -2.16. The predicted octanol–water partition coefficient (Wildman–Crippen LogP) is 7.38. The van der Waals surface area contributed by atoms with Gasteiger partial charge in [-0.15, -0.1) is 0 Å². The number of hydrogen-bond acceptors (Lipinski definition) is 4. The van der Waals surface area contributed by atoms with Crippen LogP contribution in [0.5, 0.6) is 0 Å². The fourth-order valence-electron chi connectivity index (χ4n) is 3.70. The van der Waals surface area contributed by atoms with Gasteiger partial charge in [-0.3, -0.25) is 9.59 Å². The van der Waals surface area contributed by atoms with Crippen LogP contribution in [0.2, 0.25) is 0 Å². The van der Waals surface area contributed by atoms with Crippen molar-refractivity contribution in [2.45, 2.75) is 129 Å². The second-order valence-corrected chi connectivity index (χ2v) is 8.36. The molecule has 0 fully saturated rings. The highest BCUT2D eigenvalue weighted by Gasteiger charge is 2.19. The molecule has 0 aliphatic heterocycles. The first-order chi connectivity index (χ1) is 14.3. The molecule has 172 valence electrons. The summed E-state index contributed by atoms with van der Waals surface area (Å²) in [4.78, 5) is 22.6. The summed E-state index contributed by atoms with van der Waals surface area (Å²) in [6.45, 7) is 6.07. The smallest absolute Gasteiger partial charge is 0.308 e. The van der Waals surface area contributed by atoms with Gasteiger partial charge in [-0.2, -0.15) is 0 Å². The van der Waals surface area contributed by atoms with Crippen LogP contribution in [0, 0.1) is 5.92 Å². The van der Waals surface area contributed by atoms with E-state index in [1.165, 1.54) is 51.4 Å². The Bertz CT molecular complexity index is 357. The van der Waals surface area contributed by atoms with Crippen LogP contribution in [0.3, 0.4) is 0 Å². The molecule has 0 amide bonds. The minimum Gasteiger partial charge on any atom is -0.468 e. The van der Waals surface area contributed by atoms with Crippen molar-refractivity contribution < 1.29 is 19.1 Å².